The second-order valence-corrected chi connectivity index (χ2v) is 11.4. The summed E-state index contributed by atoms with van der Waals surface area (Å²) in [6, 6.07) is 10.6. The molecule has 3 atom stereocenters. The predicted molar refractivity (Wildman–Crippen MR) is 140 cm³/mol. The van der Waals surface area contributed by atoms with E-state index in [9.17, 15) is 8.42 Å². The number of nitrogens with zero attached hydrogens (tertiary/aromatic N) is 8. The van der Waals surface area contributed by atoms with Crippen LogP contribution in [0.2, 0.25) is 0 Å². The van der Waals surface area contributed by atoms with Gasteiger partial charge in [-0.25, -0.2) is 27.3 Å². The number of fused-ring (bicyclic) bond motifs is 3. The van der Waals surface area contributed by atoms with Crippen LogP contribution in [0.5, 0.6) is 0 Å². The van der Waals surface area contributed by atoms with Gasteiger partial charge in [0.2, 0.25) is 0 Å². The summed E-state index contributed by atoms with van der Waals surface area (Å²) in [5.74, 6) is 1.86. The molecule has 6 rings (SSSR count). The first kappa shape index (κ1) is 24.0. The number of benzene rings is 1. The Hall–Kier alpha value is -4.37. The first-order chi connectivity index (χ1) is 18.4. The monoisotopic (exact) mass is 527 g/mol. The molecule has 1 aliphatic rings. The van der Waals surface area contributed by atoms with Crippen molar-refractivity contribution in [1.29, 1.82) is 5.26 Å². The lowest BCUT2D eigenvalue weighted by molar-refractivity contribution is 0.451. The lowest BCUT2D eigenvalue weighted by Crippen LogP contribution is -2.17. The molecule has 1 N–H and O–H groups in total. The fourth-order valence-electron chi connectivity index (χ4n) is 5.39. The molecule has 4 heterocycles. The van der Waals surface area contributed by atoms with Crippen molar-refractivity contribution >= 4 is 32.7 Å². The quantitative estimate of drug-likeness (QED) is 0.350. The van der Waals surface area contributed by atoms with Crippen molar-refractivity contribution in [3.05, 3.63) is 72.2 Å². The third-order valence-corrected chi connectivity index (χ3v) is 8.99. The van der Waals surface area contributed by atoms with Crippen LogP contribution >= 0.6 is 0 Å². The van der Waals surface area contributed by atoms with Crippen LogP contribution in [0.15, 0.2) is 60.0 Å². The van der Waals surface area contributed by atoms with Crippen LogP contribution in [0.25, 0.3) is 16.8 Å². The molecule has 11 nitrogen and oxygen atoms in total. The van der Waals surface area contributed by atoms with Crippen LogP contribution in [0.4, 0.5) is 5.82 Å². The molecular weight excluding hydrogens is 502 g/mol. The topological polar surface area (TPSA) is 144 Å². The number of nitrogens with one attached hydrogen (secondary N) is 1. The van der Waals surface area contributed by atoms with E-state index < -0.39 is 10.0 Å². The SMILES string of the molecule is CCC1CC(Nc2cnc(C#N)cn2)CC1c1nnc2cnc3c(ccn3S(=O)(=O)c3ccc(C)cc3)n12. The highest BCUT2D eigenvalue weighted by Crippen LogP contribution is 2.42. The van der Waals surface area contributed by atoms with Gasteiger partial charge in [-0.3, -0.25) is 4.40 Å². The Bertz CT molecular complexity index is 1790. The van der Waals surface area contributed by atoms with Crippen LogP contribution in [0.1, 0.15) is 49.2 Å². The van der Waals surface area contributed by atoms with Crippen LogP contribution in [0.3, 0.4) is 0 Å². The van der Waals surface area contributed by atoms with Crippen molar-refractivity contribution in [3.63, 3.8) is 0 Å². The van der Waals surface area contributed by atoms with Gasteiger partial charge in [-0.2, -0.15) is 5.26 Å². The van der Waals surface area contributed by atoms with Crippen LogP contribution in [-0.4, -0.2) is 48.0 Å². The number of hydrogen-bond acceptors (Lipinski definition) is 9. The fourth-order valence-corrected chi connectivity index (χ4v) is 6.69. The molecule has 0 amide bonds. The van der Waals surface area contributed by atoms with Gasteiger partial charge in [-0.15, -0.1) is 10.2 Å². The predicted octanol–water partition coefficient (Wildman–Crippen LogP) is 3.67. The first-order valence-electron chi connectivity index (χ1n) is 12.4. The fraction of sp³-hybridized carbons (Fsp3) is 0.308. The van der Waals surface area contributed by atoms with E-state index in [-0.39, 0.29) is 22.5 Å². The Balaban J connectivity index is 1.37. The highest BCUT2D eigenvalue weighted by atomic mass is 32.2. The Morgan fingerprint density at radius 3 is 2.58 bits per heavy atom. The van der Waals surface area contributed by atoms with Crippen LogP contribution < -0.4 is 5.32 Å². The average Bonchev–Trinajstić information content (AvgIpc) is 3.65. The molecular formula is C26H25N9O2S. The van der Waals surface area contributed by atoms with Gasteiger partial charge in [0.1, 0.15) is 17.7 Å². The van der Waals surface area contributed by atoms with Gasteiger partial charge < -0.3 is 5.32 Å². The molecule has 0 spiro atoms. The van der Waals surface area contributed by atoms with Crippen molar-refractivity contribution in [2.24, 2.45) is 5.92 Å². The average molecular weight is 528 g/mol. The largest absolute Gasteiger partial charge is 0.366 e. The summed E-state index contributed by atoms with van der Waals surface area (Å²) < 4.78 is 30.0. The molecule has 12 heteroatoms. The maximum Gasteiger partial charge on any atom is 0.269 e. The minimum Gasteiger partial charge on any atom is -0.366 e. The van der Waals surface area contributed by atoms with E-state index in [2.05, 4.69) is 37.4 Å². The smallest absolute Gasteiger partial charge is 0.269 e. The molecule has 38 heavy (non-hydrogen) atoms. The number of anilines is 1. The molecule has 1 aliphatic carbocycles. The highest BCUT2D eigenvalue weighted by Gasteiger charge is 2.37. The van der Waals surface area contributed by atoms with E-state index >= 15 is 0 Å². The van der Waals surface area contributed by atoms with Gasteiger partial charge >= 0.3 is 0 Å². The summed E-state index contributed by atoms with van der Waals surface area (Å²) in [5.41, 5.74) is 2.80. The summed E-state index contributed by atoms with van der Waals surface area (Å²) in [7, 11) is -3.83. The van der Waals surface area contributed by atoms with E-state index in [1.165, 1.54) is 16.4 Å². The molecule has 192 valence electrons. The number of hydrogen-bond donors (Lipinski definition) is 1. The van der Waals surface area contributed by atoms with E-state index in [4.69, 9.17) is 5.26 Å². The molecule has 5 aromatic rings. The lowest BCUT2D eigenvalue weighted by atomic mass is 9.93. The standard InChI is InChI=1S/C26H25N9O2S/c1-3-17-10-18(31-23-14-28-19(12-27)13-29-23)11-21(17)25-33-32-24-15-30-26-22(35(24)25)8-9-34(26)38(36,37)20-6-4-16(2)5-7-20/h4-9,13-15,17-18,21H,3,10-11H2,1-2H3,(H,29,31). The number of aryl methyl sites for hydroxylation is 1. The zero-order chi connectivity index (χ0) is 26.4. The van der Waals surface area contributed by atoms with Crippen molar-refractivity contribution in [2.75, 3.05) is 5.32 Å². The third-order valence-electron chi connectivity index (χ3n) is 7.31. The molecule has 1 fully saturated rings. The molecule has 3 unspecified atom stereocenters. The van der Waals surface area contributed by atoms with Gasteiger partial charge in [0.25, 0.3) is 10.0 Å². The molecule has 0 radical (unpaired) electrons. The highest BCUT2D eigenvalue weighted by molar-refractivity contribution is 7.90. The maximum absolute atomic E-state index is 13.4. The summed E-state index contributed by atoms with van der Waals surface area (Å²) in [6.45, 7) is 4.07. The second kappa shape index (κ2) is 9.18. The second-order valence-electron chi connectivity index (χ2n) is 9.63. The molecule has 1 saturated carbocycles. The van der Waals surface area contributed by atoms with Crippen molar-refractivity contribution in [3.8, 4) is 6.07 Å². The minimum atomic E-state index is -3.83. The number of rotatable bonds is 6. The minimum absolute atomic E-state index is 0.0986. The van der Waals surface area contributed by atoms with Crippen molar-refractivity contribution in [1.82, 2.24) is 33.5 Å². The van der Waals surface area contributed by atoms with Gasteiger partial charge in [-0.1, -0.05) is 31.0 Å². The van der Waals surface area contributed by atoms with Crippen LogP contribution in [0, 0.1) is 24.2 Å². The Morgan fingerprint density at radius 1 is 1.05 bits per heavy atom. The zero-order valence-electron chi connectivity index (χ0n) is 20.9. The molecule has 1 aromatic carbocycles. The number of nitriles is 1. The van der Waals surface area contributed by atoms with Crippen LogP contribution in [-0.2, 0) is 10.0 Å². The summed E-state index contributed by atoms with van der Waals surface area (Å²) >= 11 is 0. The van der Waals surface area contributed by atoms with E-state index in [1.807, 2.05) is 17.4 Å². The van der Waals surface area contributed by atoms with Gasteiger partial charge in [0, 0.05) is 18.2 Å². The van der Waals surface area contributed by atoms with Gasteiger partial charge in [0.05, 0.1) is 29.0 Å². The maximum atomic E-state index is 13.4. The summed E-state index contributed by atoms with van der Waals surface area (Å²) in [6.07, 6.45) is 8.80. The third kappa shape index (κ3) is 3.95. The first-order valence-corrected chi connectivity index (χ1v) is 13.8. The molecule has 0 aliphatic heterocycles. The van der Waals surface area contributed by atoms with E-state index in [0.717, 1.165) is 30.7 Å². The Morgan fingerprint density at radius 2 is 1.87 bits per heavy atom. The number of aromatic nitrogens is 7. The lowest BCUT2D eigenvalue weighted by Gasteiger charge is -2.16. The Labute approximate surface area is 219 Å². The Kier molecular flexibility index (Phi) is 5.80. The van der Waals surface area contributed by atoms with Gasteiger partial charge in [-0.05, 0) is 43.9 Å². The normalized spacial score (nSPS) is 19.7. The van der Waals surface area contributed by atoms with Crippen molar-refractivity contribution < 1.29 is 8.42 Å². The van der Waals surface area contributed by atoms with E-state index in [0.29, 0.717) is 28.5 Å². The zero-order valence-corrected chi connectivity index (χ0v) is 21.7. The molecule has 4 aromatic heterocycles. The molecule has 0 bridgehead atoms. The van der Waals surface area contributed by atoms with E-state index in [1.54, 1.807) is 42.7 Å². The summed E-state index contributed by atoms with van der Waals surface area (Å²) in [4.78, 5) is 13.1. The molecule has 0 saturated heterocycles. The summed E-state index contributed by atoms with van der Waals surface area (Å²) in [5, 5.41) is 21.3. The van der Waals surface area contributed by atoms with Crippen molar-refractivity contribution in [2.45, 2.75) is 50.0 Å². The van der Waals surface area contributed by atoms with Gasteiger partial charge in [0.15, 0.2) is 17.0 Å².